The maximum atomic E-state index is 11.2. The molecule has 2 aliphatic heterocycles. The molecule has 4 unspecified atom stereocenters. The Morgan fingerprint density at radius 3 is 1.58 bits per heavy atom. The highest BCUT2D eigenvalue weighted by Crippen LogP contribution is 2.51. The van der Waals surface area contributed by atoms with Crippen LogP contribution in [0.25, 0.3) is 0 Å². The number of hydrogen-bond acceptors (Lipinski definition) is 6. The van der Waals surface area contributed by atoms with E-state index in [9.17, 15) is 19.2 Å². The zero-order chi connectivity index (χ0) is 17.1. The molecular formula is C18H16O6. The average molecular weight is 328 g/mol. The summed E-state index contributed by atoms with van der Waals surface area (Å²) in [7, 11) is 0. The summed E-state index contributed by atoms with van der Waals surface area (Å²) in [6, 6.07) is 0. The predicted octanol–water partition coefficient (Wildman–Crippen LogP) is 1.64. The fourth-order valence-corrected chi connectivity index (χ4v) is 3.40. The van der Waals surface area contributed by atoms with Crippen LogP contribution in [0.5, 0.6) is 0 Å². The quantitative estimate of drug-likeness (QED) is 0.382. The van der Waals surface area contributed by atoms with E-state index in [0.29, 0.717) is 0 Å². The molecule has 5 rings (SSSR count). The lowest BCUT2D eigenvalue weighted by Gasteiger charge is -2.12. The molecule has 0 amide bonds. The number of cyclic esters (lactones) is 4. The van der Waals surface area contributed by atoms with Gasteiger partial charge in [-0.15, -0.1) is 0 Å². The maximum absolute atomic E-state index is 11.2. The molecule has 4 atom stereocenters. The van der Waals surface area contributed by atoms with Gasteiger partial charge in [-0.2, -0.15) is 0 Å². The highest BCUT2D eigenvalue weighted by Gasteiger charge is 2.57. The second-order valence-electron chi connectivity index (χ2n) is 5.91. The second kappa shape index (κ2) is 6.78. The summed E-state index contributed by atoms with van der Waals surface area (Å²) in [5.41, 5.74) is 0. The minimum atomic E-state index is -0.579. The van der Waals surface area contributed by atoms with Crippen molar-refractivity contribution >= 4 is 23.9 Å². The standard InChI is InChI=1S/C9H8O3.C5H6.C4H2O3/c10-8-6-4-1-2-5(3-4)7(6)9(11)12-8;1-2-4-5-3-1;5-3-1-2-4(6)7-3/h1-2,4-7H,3H2;1-4H,5H2;1-2H. The largest absolute Gasteiger partial charge is 0.393 e. The van der Waals surface area contributed by atoms with Crippen LogP contribution in [0.4, 0.5) is 0 Å². The molecule has 2 bridgehead atoms. The molecule has 1 saturated heterocycles. The number of carbonyl (C=O) groups is 4. The van der Waals surface area contributed by atoms with Crippen LogP contribution in [0, 0.1) is 23.7 Å². The molecule has 0 aromatic rings. The SMILES string of the molecule is C1=CCC=C1.O=C1C=CC(=O)O1.O=C1OC(=O)C2C3C=CC(C3)C12. The van der Waals surface area contributed by atoms with E-state index in [0.717, 1.165) is 25.0 Å². The molecule has 0 aromatic carbocycles. The van der Waals surface area contributed by atoms with Gasteiger partial charge in [0.15, 0.2) is 0 Å². The molecule has 6 nitrogen and oxygen atoms in total. The number of hydrogen-bond donors (Lipinski definition) is 0. The summed E-state index contributed by atoms with van der Waals surface area (Å²) in [5, 5.41) is 0. The van der Waals surface area contributed by atoms with Crippen molar-refractivity contribution in [3.05, 3.63) is 48.6 Å². The molecular weight excluding hydrogens is 312 g/mol. The van der Waals surface area contributed by atoms with Gasteiger partial charge in [-0.1, -0.05) is 36.5 Å². The van der Waals surface area contributed by atoms with Gasteiger partial charge in [0, 0.05) is 12.2 Å². The molecule has 0 radical (unpaired) electrons. The Bertz CT molecular complexity index is 642. The summed E-state index contributed by atoms with van der Waals surface area (Å²) in [5.74, 6) is -1.50. The minimum absolute atomic E-state index is 0.146. The van der Waals surface area contributed by atoms with Crippen LogP contribution in [-0.2, 0) is 28.7 Å². The highest BCUT2D eigenvalue weighted by molar-refractivity contribution is 6.04. The summed E-state index contributed by atoms with van der Waals surface area (Å²) in [4.78, 5) is 42.2. The van der Waals surface area contributed by atoms with Crippen molar-refractivity contribution in [2.75, 3.05) is 0 Å². The molecule has 0 aromatic heterocycles. The molecule has 0 spiro atoms. The molecule has 1 saturated carbocycles. The lowest BCUT2D eigenvalue weighted by atomic mass is 9.85. The summed E-state index contributed by atoms with van der Waals surface area (Å²) < 4.78 is 8.56. The fourth-order valence-electron chi connectivity index (χ4n) is 3.40. The molecule has 2 fully saturated rings. The number of fused-ring (bicyclic) bond motifs is 5. The van der Waals surface area contributed by atoms with Gasteiger partial charge in [0.2, 0.25) is 0 Å². The Hall–Kier alpha value is -2.76. The van der Waals surface area contributed by atoms with Crippen molar-refractivity contribution in [2.45, 2.75) is 12.8 Å². The smallest absolute Gasteiger partial charge is 0.338 e. The first kappa shape index (κ1) is 16.1. The van der Waals surface area contributed by atoms with Gasteiger partial charge in [0.25, 0.3) is 0 Å². The van der Waals surface area contributed by atoms with Gasteiger partial charge < -0.3 is 9.47 Å². The summed E-state index contributed by atoms with van der Waals surface area (Å²) >= 11 is 0. The van der Waals surface area contributed by atoms with Gasteiger partial charge in [-0.25, -0.2) is 9.59 Å². The van der Waals surface area contributed by atoms with E-state index in [2.05, 4.69) is 33.8 Å². The zero-order valence-corrected chi connectivity index (χ0v) is 12.8. The number of allylic oxidation sites excluding steroid dienone is 6. The Balaban J connectivity index is 0.000000120. The van der Waals surface area contributed by atoms with Crippen molar-refractivity contribution in [3.63, 3.8) is 0 Å². The monoisotopic (exact) mass is 328 g/mol. The molecule has 3 aliphatic carbocycles. The van der Waals surface area contributed by atoms with Crippen LogP contribution in [0.2, 0.25) is 0 Å². The molecule has 0 N–H and O–H groups in total. The van der Waals surface area contributed by atoms with Crippen LogP contribution >= 0.6 is 0 Å². The van der Waals surface area contributed by atoms with Gasteiger partial charge in [-0.3, -0.25) is 9.59 Å². The van der Waals surface area contributed by atoms with Crippen molar-refractivity contribution < 1.29 is 28.7 Å². The Morgan fingerprint density at radius 1 is 0.750 bits per heavy atom. The Labute approximate surface area is 138 Å². The first-order valence-electron chi connectivity index (χ1n) is 7.75. The number of esters is 4. The van der Waals surface area contributed by atoms with Gasteiger partial charge >= 0.3 is 23.9 Å². The van der Waals surface area contributed by atoms with Gasteiger partial charge in [-0.05, 0) is 24.7 Å². The predicted molar refractivity (Wildman–Crippen MR) is 82.0 cm³/mol. The van der Waals surface area contributed by atoms with E-state index < -0.39 is 11.9 Å². The van der Waals surface area contributed by atoms with Crippen molar-refractivity contribution in [1.29, 1.82) is 0 Å². The van der Waals surface area contributed by atoms with Crippen molar-refractivity contribution in [2.24, 2.45) is 23.7 Å². The van der Waals surface area contributed by atoms with E-state index in [-0.39, 0.29) is 35.6 Å². The third kappa shape index (κ3) is 3.27. The van der Waals surface area contributed by atoms with E-state index in [1.54, 1.807) is 0 Å². The summed E-state index contributed by atoms with van der Waals surface area (Å²) in [6.45, 7) is 0. The second-order valence-corrected chi connectivity index (χ2v) is 5.91. The van der Waals surface area contributed by atoms with Crippen LogP contribution in [-0.4, -0.2) is 23.9 Å². The number of rotatable bonds is 0. The molecule has 24 heavy (non-hydrogen) atoms. The third-order valence-corrected chi connectivity index (χ3v) is 4.42. The van der Waals surface area contributed by atoms with E-state index in [1.165, 1.54) is 0 Å². The van der Waals surface area contributed by atoms with Crippen LogP contribution in [0.3, 0.4) is 0 Å². The minimum Gasteiger partial charge on any atom is -0.393 e. The Kier molecular flexibility index (Phi) is 4.55. The lowest BCUT2D eigenvalue weighted by Crippen LogP contribution is -2.21. The van der Waals surface area contributed by atoms with Crippen LogP contribution < -0.4 is 0 Å². The van der Waals surface area contributed by atoms with E-state index >= 15 is 0 Å². The van der Waals surface area contributed by atoms with Crippen molar-refractivity contribution in [3.8, 4) is 0 Å². The first-order valence-corrected chi connectivity index (χ1v) is 7.75. The molecule has 2 heterocycles. The topological polar surface area (TPSA) is 86.7 Å². The highest BCUT2D eigenvalue weighted by atomic mass is 16.6. The normalized spacial score (nSPS) is 33.0. The van der Waals surface area contributed by atoms with Crippen LogP contribution in [0.1, 0.15) is 12.8 Å². The molecule has 124 valence electrons. The van der Waals surface area contributed by atoms with Crippen molar-refractivity contribution in [1.82, 2.24) is 0 Å². The summed E-state index contributed by atoms with van der Waals surface area (Å²) in [6.07, 6.45) is 16.7. The number of carbonyl (C=O) groups excluding carboxylic acids is 4. The first-order chi connectivity index (χ1) is 11.6. The lowest BCUT2D eigenvalue weighted by molar-refractivity contribution is -0.155. The fraction of sp³-hybridized carbons (Fsp3) is 0.333. The Morgan fingerprint density at radius 2 is 1.25 bits per heavy atom. The number of ether oxygens (including phenoxy) is 2. The van der Waals surface area contributed by atoms with E-state index in [1.807, 2.05) is 12.2 Å². The zero-order valence-electron chi connectivity index (χ0n) is 12.8. The van der Waals surface area contributed by atoms with Crippen LogP contribution in [0.15, 0.2) is 48.6 Å². The third-order valence-electron chi connectivity index (χ3n) is 4.42. The van der Waals surface area contributed by atoms with E-state index in [4.69, 9.17) is 0 Å². The molecule has 6 heteroatoms. The van der Waals surface area contributed by atoms with Gasteiger partial charge in [0.05, 0.1) is 11.8 Å². The molecule has 5 aliphatic rings. The maximum Gasteiger partial charge on any atom is 0.338 e. The average Bonchev–Trinajstić information content (AvgIpc) is 3.33. The van der Waals surface area contributed by atoms with Gasteiger partial charge in [0.1, 0.15) is 0 Å².